The van der Waals surface area contributed by atoms with Crippen molar-refractivity contribution in [2.75, 3.05) is 20.8 Å². The van der Waals surface area contributed by atoms with Crippen LogP contribution in [0.4, 0.5) is 0 Å². The molecule has 4 rings (SSSR count). The number of sulfonamides is 1. The lowest BCUT2D eigenvalue weighted by Crippen LogP contribution is -2.34. The Bertz CT molecular complexity index is 1530. The number of ether oxygens (including phenoxy) is 2. The van der Waals surface area contributed by atoms with Gasteiger partial charge in [0.15, 0.2) is 0 Å². The molecule has 4 aromatic rings. The normalized spacial score (nSPS) is 11.5. The van der Waals surface area contributed by atoms with Crippen molar-refractivity contribution in [3.8, 4) is 5.75 Å². The molecule has 1 aromatic heterocycles. The molecular formula is C27H26N2O6S. The van der Waals surface area contributed by atoms with Crippen LogP contribution in [-0.4, -0.2) is 44.4 Å². The van der Waals surface area contributed by atoms with Crippen molar-refractivity contribution in [1.29, 1.82) is 0 Å². The summed E-state index contributed by atoms with van der Waals surface area (Å²) in [6.07, 6.45) is 0.461. The number of pyridine rings is 1. The molecule has 0 aliphatic heterocycles. The van der Waals surface area contributed by atoms with E-state index in [9.17, 15) is 18.0 Å². The summed E-state index contributed by atoms with van der Waals surface area (Å²) in [5, 5.41) is 0.758. The lowest BCUT2D eigenvalue weighted by atomic mass is 10.1. The maximum absolute atomic E-state index is 13.6. The molecule has 0 radical (unpaired) electrons. The second-order valence-corrected chi connectivity index (χ2v) is 10.1. The first kappa shape index (κ1) is 25.2. The van der Waals surface area contributed by atoms with Gasteiger partial charge in [-0.1, -0.05) is 30.3 Å². The number of H-pyrrole nitrogens is 1. The Kier molecular flexibility index (Phi) is 7.52. The van der Waals surface area contributed by atoms with Gasteiger partial charge < -0.3 is 14.5 Å². The number of fused-ring (bicyclic) bond motifs is 1. The molecule has 8 nitrogen and oxygen atoms in total. The van der Waals surface area contributed by atoms with E-state index < -0.39 is 16.0 Å². The van der Waals surface area contributed by atoms with Gasteiger partial charge in [-0.15, -0.1) is 0 Å². The Hall–Kier alpha value is -3.95. The van der Waals surface area contributed by atoms with Crippen LogP contribution in [0.2, 0.25) is 0 Å². The van der Waals surface area contributed by atoms with Crippen molar-refractivity contribution in [3.05, 3.63) is 106 Å². The SMILES string of the molecule is COC(=O)c1ccc(S(=O)(=O)N(CCc2ccccc2)Cc2cc3ccc(OC)cc3[nH]c2=O)cc1. The van der Waals surface area contributed by atoms with Gasteiger partial charge in [0.05, 0.1) is 30.2 Å². The second kappa shape index (κ2) is 10.8. The highest BCUT2D eigenvalue weighted by molar-refractivity contribution is 7.89. The Morgan fingerprint density at radius 1 is 0.944 bits per heavy atom. The zero-order chi connectivity index (χ0) is 25.7. The van der Waals surface area contributed by atoms with Crippen LogP contribution >= 0.6 is 0 Å². The number of carbonyl (C=O) groups excluding carboxylic acids is 1. The zero-order valence-corrected chi connectivity index (χ0v) is 20.7. The van der Waals surface area contributed by atoms with Crippen molar-refractivity contribution in [2.45, 2.75) is 17.9 Å². The van der Waals surface area contributed by atoms with E-state index in [-0.39, 0.29) is 29.1 Å². The first-order valence-electron chi connectivity index (χ1n) is 11.2. The number of methoxy groups -OCH3 is 2. The van der Waals surface area contributed by atoms with Crippen molar-refractivity contribution >= 4 is 26.9 Å². The monoisotopic (exact) mass is 506 g/mol. The predicted molar refractivity (Wildman–Crippen MR) is 137 cm³/mol. The minimum atomic E-state index is -3.99. The molecular weight excluding hydrogens is 480 g/mol. The highest BCUT2D eigenvalue weighted by Crippen LogP contribution is 2.22. The number of hydrogen-bond donors (Lipinski definition) is 1. The number of aromatic nitrogens is 1. The van der Waals surface area contributed by atoms with Crippen molar-refractivity contribution < 1.29 is 22.7 Å². The molecule has 0 aliphatic carbocycles. The molecule has 0 bridgehead atoms. The van der Waals surface area contributed by atoms with Gasteiger partial charge in [0.2, 0.25) is 10.0 Å². The molecule has 0 fully saturated rings. The smallest absolute Gasteiger partial charge is 0.337 e. The van der Waals surface area contributed by atoms with E-state index in [4.69, 9.17) is 9.47 Å². The molecule has 0 aliphatic rings. The van der Waals surface area contributed by atoms with E-state index in [2.05, 4.69) is 4.98 Å². The maximum Gasteiger partial charge on any atom is 0.337 e. The molecule has 1 heterocycles. The number of nitrogens with one attached hydrogen (secondary N) is 1. The summed E-state index contributed by atoms with van der Waals surface area (Å²) in [7, 11) is -1.19. The van der Waals surface area contributed by atoms with Gasteiger partial charge in [0.25, 0.3) is 5.56 Å². The van der Waals surface area contributed by atoms with Crippen molar-refractivity contribution in [3.63, 3.8) is 0 Å². The Morgan fingerprint density at radius 2 is 1.67 bits per heavy atom. The molecule has 1 N–H and O–H groups in total. The van der Waals surface area contributed by atoms with Gasteiger partial charge >= 0.3 is 5.97 Å². The van der Waals surface area contributed by atoms with Gasteiger partial charge in [-0.05, 0) is 59.8 Å². The van der Waals surface area contributed by atoms with E-state index in [0.717, 1.165) is 10.9 Å². The third kappa shape index (κ3) is 5.48. The summed E-state index contributed by atoms with van der Waals surface area (Å²) in [5.74, 6) is 0.0487. The minimum Gasteiger partial charge on any atom is -0.497 e. The van der Waals surface area contributed by atoms with Gasteiger partial charge in [-0.25, -0.2) is 13.2 Å². The number of carbonyl (C=O) groups is 1. The highest BCUT2D eigenvalue weighted by Gasteiger charge is 2.26. The average molecular weight is 507 g/mol. The van der Waals surface area contributed by atoms with Crippen LogP contribution in [-0.2, 0) is 27.7 Å². The first-order valence-corrected chi connectivity index (χ1v) is 12.7. The largest absolute Gasteiger partial charge is 0.497 e. The van der Waals surface area contributed by atoms with Crippen molar-refractivity contribution in [1.82, 2.24) is 9.29 Å². The lowest BCUT2D eigenvalue weighted by molar-refractivity contribution is 0.0600. The molecule has 0 amide bonds. The number of rotatable bonds is 9. The summed E-state index contributed by atoms with van der Waals surface area (Å²) in [5.41, 5.74) is 1.75. The third-order valence-corrected chi connectivity index (χ3v) is 7.74. The Balaban J connectivity index is 1.69. The van der Waals surface area contributed by atoms with E-state index in [1.54, 1.807) is 25.3 Å². The van der Waals surface area contributed by atoms with Gasteiger partial charge in [-0.3, -0.25) is 4.79 Å². The first-order chi connectivity index (χ1) is 17.3. The molecule has 9 heteroatoms. The summed E-state index contributed by atoms with van der Waals surface area (Å²) in [4.78, 5) is 27.5. The fourth-order valence-corrected chi connectivity index (χ4v) is 5.29. The second-order valence-electron chi connectivity index (χ2n) is 8.17. The topological polar surface area (TPSA) is 106 Å². The number of esters is 1. The van der Waals surface area contributed by atoms with Crippen LogP contribution in [0.3, 0.4) is 0 Å². The molecule has 0 atom stereocenters. The molecule has 0 saturated heterocycles. The fraction of sp³-hybridized carbons (Fsp3) is 0.185. The number of nitrogens with zero attached hydrogens (tertiary/aromatic N) is 1. The quantitative estimate of drug-likeness (QED) is 0.347. The van der Waals surface area contributed by atoms with Crippen LogP contribution in [0, 0.1) is 0 Å². The molecule has 0 spiro atoms. The van der Waals surface area contributed by atoms with Crippen LogP contribution in [0.1, 0.15) is 21.5 Å². The van der Waals surface area contributed by atoms with Gasteiger partial charge in [0.1, 0.15) is 5.75 Å². The van der Waals surface area contributed by atoms with Crippen LogP contribution < -0.4 is 10.3 Å². The Labute approximate surface area is 209 Å². The number of aromatic amines is 1. The molecule has 186 valence electrons. The predicted octanol–water partition coefficient (Wildman–Crippen LogP) is 3.76. The van der Waals surface area contributed by atoms with E-state index >= 15 is 0 Å². The lowest BCUT2D eigenvalue weighted by Gasteiger charge is -2.22. The minimum absolute atomic E-state index is 0.0187. The zero-order valence-electron chi connectivity index (χ0n) is 19.9. The van der Waals surface area contributed by atoms with E-state index in [0.29, 0.717) is 23.3 Å². The molecule has 3 aromatic carbocycles. The standard InChI is InChI=1S/C27H26N2O6S/c1-34-23-11-8-21-16-22(26(30)28-25(21)17-23)18-29(15-14-19-6-4-3-5-7-19)36(32,33)24-12-9-20(10-13-24)27(31)35-2/h3-13,16-17H,14-15,18H2,1-2H3,(H,28,30). The summed E-state index contributed by atoms with van der Waals surface area (Å²) in [6, 6.07) is 22.1. The number of hydrogen-bond acceptors (Lipinski definition) is 6. The van der Waals surface area contributed by atoms with E-state index in [1.807, 2.05) is 36.4 Å². The molecule has 0 unspecified atom stereocenters. The Morgan fingerprint density at radius 3 is 2.33 bits per heavy atom. The van der Waals surface area contributed by atoms with Crippen molar-refractivity contribution in [2.24, 2.45) is 0 Å². The summed E-state index contributed by atoms with van der Waals surface area (Å²) >= 11 is 0. The van der Waals surface area contributed by atoms with Crippen LogP contribution in [0.25, 0.3) is 10.9 Å². The summed E-state index contributed by atoms with van der Waals surface area (Å²) in [6.45, 7) is 0.0381. The summed E-state index contributed by atoms with van der Waals surface area (Å²) < 4.78 is 38.5. The molecule has 36 heavy (non-hydrogen) atoms. The van der Waals surface area contributed by atoms with E-state index in [1.165, 1.54) is 35.7 Å². The van der Waals surface area contributed by atoms with Crippen LogP contribution in [0.5, 0.6) is 5.75 Å². The third-order valence-electron chi connectivity index (χ3n) is 5.88. The van der Waals surface area contributed by atoms with Gasteiger partial charge in [0, 0.05) is 24.7 Å². The number of benzene rings is 3. The average Bonchev–Trinajstić information content (AvgIpc) is 2.91. The highest BCUT2D eigenvalue weighted by atomic mass is 32.2. The van der Waals surface area contributed by atoms with Gasteiger partial charge in [-0.2, -0.15) is 4.31 Å². The maximum atomic E-state index is 13.6. The van der Waals surface area contributed by atoms with Crippen LogP contribution in [0.15, 0.2) is 88.6 Å². The fourth-order valence-electron chi connectivity index (χ4n) is 3.87. The molecule has 0 saturated carbocycles.